The monoisotopic (exact) mass is 435 g/mol. The van der Waals surface area contributed by atoms with Crippen LogP contribution in [0.1, 0.15) is 27.2 Å². The number of imide groups is 1. The first kappa shape index (κ1) is 24.3. The number of hydrogen-bond acceptors (Lipinski definition) is 9. The van der Waals surface area contributed by atoms with Gasteiger partial charge in [-0.1, -0.05) is 6.92 Å². The lowest BCUT2D eigenvalue weighted by Crippen LogP contribution is -2.65. The van der Waals surface area contributed by atoms with E-state index in [0.717, 1.165) is 0 Å². The Hall–Kier alpha value is -1.01. The molecule has 2 aliphatic rings. The van der Waals surface area contributed by atoms with Gasteiger partial charge in [0, 0.05) is 19.6 Å². The molecule has 0 aromatic carbocycles. The van der Waals surface area contributed by atoms with E-state index in [-0.39, 0.29) is 26.2 Å². The Morgan fingerprint density at radius 3 is 2.52 bits per heavy atom. The van der Waals surface area contributed by atoms with Crippen molar-refractivity contribution in [3.8, 4) is 0 Å². The van der Waals surface area contributed by atoms with Crippen LogP contribution in [0.4, 0.5) is 4.79 Å². The molecule has 3 amide bonds. The average molecular weight is 435 g/mol. The summed E-state index contributed by atoms with van der Waals surface area (Å²) in [5, 5.41) is 1.36. The summed E-state index contributed by atoms with van der Waals surface area (Å²) in [4.78, 5) is 25.9. The third-order valence-corrected chi connectivity index (χ3v) is 6.71. The van der Waals surface area contributed by atoms with Gasteiger partial charge in [0.25, 0.3) is 0 Å². The van der Waals surface area contributed by atoms with Crippen molar-refractivity contribution < 1.29 is 37.4 Å². The van der Waals surface area contributed by atoms with Crippen LogP contribution >= 0.6 is 7.60 Å². The molecule has 5 unspecified atom stereocenters. The van der Waals surface area contributed by atoms with Crippen LogP contribution in [0.25, 0.3) is 0 Å². The smallest absolute Gasteiger partial charge is 0.356 e. The lowest BCUT2D eigenvalue weighted by molar-refractivity contribution is -0.156. The largest absolute Gasteiger partial charge is 0.366 e. The van der Waals surface area contributed by atoms with E-state index in [2.05, 4.69) is 5.32 Å². The Labute approximate surface area is 171 Å². The van der Waals surface area contributed by atoms with Crippen LogP contribution in [0.15, 0.2) is 0 Å². The summed E-state index contributed by atoms with van der Waals surface area (Å²) < 4.78 is 39.7. The molecule has 2 aliphatic heterocycles. The van der Waals surface area contributed by atoms with Crippen LogP contribution in [0, 0.1) is 0 Å². The molecular weight excluding hydrogens is 404 g/mol. The number of hydrogen-bond donors (Lipinski definition) is 2. The van der Waals surface area contributed by atoms with E-state index in [1.165, 1.54) is 12.0 Å². The summed E-state index contributed by atoms with van der Waals surface area (Å²) in [6.07, 6.45) is -1.93. The summed E-state index contributed by atoms with van der Waals surface area (Å²) in [7, 11) is -0.222. The van der Waals surface area contributed by atoms with Gasteiger partial charge in [0.05, 0.1) is 31.2 Å². The number of nitrogens with zero attached hydrogens (tertiary/aromatic N) is 1. The normalized spacial score (nSPS) is 33.2. The van der Waals surface area contributed by atoms with Crippen LogP contribution in [0.5, 0.6) is 0 Å². The van der Waals surface area contributed by atoms with Crippen LogP contribution in [0.2, 0.25) is 5.31 Å². The molecule has 2 heterocycles. The van der Waals surface area contributed by atoms with Crippen molar-refractivity contribution in [2.24, 2.45) is 5.73 Å². The second-order valence-electron chi connectivity index (χ2n) is 7.45. The summed E-state index contributed by atoms with van der Waals surface area (Å²) >= 11 is 0. The van der Waals surface area contributed by atoms with E-state index in [1.807, 2.05) is 0 Å². The van der Waals surface area contributed by atoms with E-state index < -0.39 is 49.5 Å². The summed E-state index contributed by atoms with van der Waals surface area (Å²) in [6.45, 7) is 5.64. The highest BCUT2D eigenvalue weighted by atomic mass is 31.2. The van der Waals surface area contributed by atoms with Crippen molar-refractivity contribution in [1.82, 2.24) is 10.2 Å². The average Bonchev–Trinajstić information content (AvgIpc) is 2.98. The van der Waals surface area contributed by atoms with Crippen molar-refractivity contribution in [1.29, 1.82) is 0 Å². The number of nitrogens with one attached hydrogen (secondary N) is 1. The van der Waals surface area contributed by atoms with Crippen molar-refractivity contribution in [2.75, 3.05) is 33.3 Å². The van der Waals surface area contributed by atoms with Gasteiger partial charge >= 0.3 is 13.6 Å². The van der Waals surface area contributed by atoms with Gasteiger partial charge in [-0.2, -0.15) is 0 Å². The Kier molecular flexibility index (Phi) is 8.26. The number of ether oxygens (including phenoxy) is 3. The first-order chi connectivity index (χ1) is 13.6. The second kappa shape index (κ2) is 9.87. The van der Waals surface area contributed by atoms with Crippen LogP contribution in [0.3, 0.4) is 0 Å². The third-order valence-electron chi connectivity index (χ3n) is 4.91. The molecule has 0 aromatic heterocycles. The summed E-state index contributed by atoms with van der Waals surface area (Å²) in [5.74, 6) is -0.421. The number of amides is 3. The molecule has 5 atom stereocenters. The predicted octanol–water partition coefficient (Wildman–Crippen LogP) is 0.00490. The fourth-order valence-corrected chi connectivity index (χ4v) is 4.79. The Balaban J connectivity index is 2.00. The first-order valence-corrected chi connectivity index (χ1v) is 11.4. The van der Waals surface area contributed by atoms with Crippen molar-refractivity contribution in [2.45, 2.75) is 57.1 Å². The van der Waals surface area contributed by atoms with E-state index in [1.54, 1.807) is 28.6 Å². The molecule has 29 heavy (non-hydrogen) atoms. The van der Waals surface area contributed by atoms with Crippen LogP contribution in [-0.4, -0.2) is 82.6 Å². The lowest BCUT2D eigenvalue weighted by atomic mass is 9.66. The SMILES string of the molecule is BC1(C)C(=O)NC(=O)N(C2CC(N)C(COCP(=O)(OCC)OCC)O2)C1OC. The number of rotatable bonds is 10. The molecule has 13 heteroatoms. The highest BCUT2D eigenvalue weighted by Gasteiger charge is 2.52. The van der Waals surface area contributed by atoms with Gasteiger partial charge in [0.1, 0.15) is 26.7 Å². The zero-order chi connectivity index (χ0) is 21.8. The fraction of sp³-hybridized carbons (Fsp3) is 0.875. The predicted molar refractivity (Wildman–Crippen MR) is 106 cm³/mol. The molecule has 2 saturated heterocycles. The first-order valence-electron chi connectivity index (χ1n) is 9.63. The topological polar surface area (TPSA) is 139 Å². The maximum absolute atomic E-state index is 12.5. The number of methoxy groups -OCH3 is 1. The Morgan fingerprint density at radius 2 is 1.97 bits per heavy atom. The van der Waals surface area contributed by atoms with Crippen LogP contribution < -0.4 is 11.1 Å². The van der Waals surface area contributed by atoms with Crippen molar-refractivity contribution >= 4 is 27.4 Å². The van der Waals surface area contributed by atoms with Crippen molar-refractivity contribution in [3.63, 3.8) is 0 Å². The minimum Gasteiger partial charge on any atom is -0.366 e. The maximum Gasteiger partial charge on any atom is 0.356 e. The number of urea groups is 1. The molecule has 0 aromatic rings. The lowest BCUT2D eigenvalue weighted by Gasteiger charge is -2.46. The Morgan fingerprint density at radius 1 is 1.34 bits per heavy atom. The van der Waals surface area contributed by atoms with Gasteiger partial charge in [0.15, 0.2) is 0 Å². The number of nitrogens with two attached hydrogens (primary N) is 1. The van der Waals surface area contributed by atoms with Crippen LogP contribution in [-0.2, 0) is 32.6 Å². The number of carbonyl (C=O) groups is 2. The van der Waals surface area contributed by atoms with Gasteiger partial charge in [-0.05, 0) is 13.8 Å². The molecule has 166 valence electrons. The van der Waals surface area contributed by atoms with Crippen molar-refractivity contribution in [3.05, 3.63) is 0 Å². The standard InChI is InChI=1S/C16H31BN3O8P/c1-5-26-29(23,27-6-2)9-25-8-11-10(18)7-12(28-11)20-14(24-4)16(3,17)13(21)19-15(20)22/h10-12,14H,5-9,17-18H2,1-4H3,(H,19,21,22). The zero-order valence-corrected chi connectivity index (χ0v) is 18.5. The Bertz CT molecular complexity index is 642. The van der Waals surface area contributed by atoms with Gasteiger partial charge in [0.2, 0.25) is 5.91 Å². The van der Waals surface area contributed by atoms with Gasteiger partial charge in [-0.3, -0.25) is 19.6 Å². The van der Waals surface area contributed by atoms with Gasteiger partial charge in [-0.15, -0.1) is 0 Å². The molecule has 0 spiro atoms. The summed E-state index contributed by atoms with van der Waals surface area (Å²) in [6, 6.07) is -1.03. The molecule has 2 rings (SSSR count). The second-order valence-corrected chi connectivity index (χ2v) is 9.45. The molecular formula is C16H31BN3O8P. The quantitative estimate of drug-likeness (QED) is 0.359. The van der Waals surface area contributed by atoms with Gasteiger partial charge < -0.3 is 29.0 Å². The summed E-state index contributed by atoms with van der Waals surface area (Å²) in [5.41, 5.74) is 6.17. The molecule has 11 nitrogen and oxygen atoms in total. The maximum atomic E-state index is 12.5. The van der Waals surface area contributed by atoms with E-state index in [9.17, 15) is 14.2 Å². The van der Waals surface area contributed by atoms with E-state index in [4.69, 9.17) is 29.0 Å². The fourth-order valence-electron chi connectivity index (χ4n) is 3.45. The number of carbonyl (C=O) groups excluding carboxylic acids is 2. The molecule has 0 radical (unpaired) electrons. The van der Waals surface area contributed by atoms with E-state index >= 15 is 0 Å². The van der Waals surface area contributed by atoms with E-state index in [0.29, 0.717) is 6.42 Å². The zero-order valence-electron chi connectivity index (χ0n) is 17.6. The minimum absolute atomic E-state index is 0.0528. The molecule has 2 fully saturated rings. The third kappa shape index (κ3) is 5.38. The molecule has 0 saturated carbocycles. The minimum atomic E-state index is -3.34. The molecule has 3 N–H and O–H groups in total. The van der Waals surface area contributed by atoms with Gasteiger partial charge in [-0.25, -0.2) is 4.79 Å². The highest BCUT2D eigenvalue weighted by Crippen LogP contribution is 2.48. The molecule has 0 bridgehead atoms. The molecule has 0 aliphatic carbocycles. The highest BCUT2D eigenvalue weighted by molar-refractivity contribution is 7.53.